The summed E-state index contributed by atoms with van der Waals surface area (Å²) in [4.78, 5) is 0. The maximum Gasteiger partial charge on any atom is 0.357 e. The van der Waals surface area contributed by atoms with E-state index in [1.54, 1.807) is 0 Å². The molecule has 0 aliphatic carbocycles. The van der Waals surface area contributed by atoms with Crippen LogP contribution in [-0.2, 0) is 22.7 Å². The standard InChI is InChI=1S/C34H38IO6/c1-5-36-25(3)40-33-15-7-27(8-16-33)23-38-31-19-11-29(12-20-31)35-30-13-21-32(22-14-30)39-24-28-9-17-34(18-10-28)41-26(4)37-6-2/h7-22,25-26H,5-6,23-24H2,1-4H3/q+1. The first-order chi connectivity index (χ1) is 20.0. The molecule has 4 aromatic rings. The van der Waals surface area contributed by atoms with Crippen molar-refractivity contribution in [3.8, 4) is 23.0 Å². The summed E-state index contributed by atoms with van der Waals surface area (Å²) in [6, 6.07) is 32.6. The van der Waals surface area contributed by atoms with Crippen LogP contribution < -0.4 is 40.2 Å². The van der Waals surface area contributed by atoms with Crippen molar-refractivity contribution in [2.24, 2.45) is 0 Å². The van der Waals surface area contributed by atoms with Crippen molar-refractivity contribution >= 4 is 0 Å². The van der Waals surface area contributed by atoms with Crippen molar-refractivity contribution in [3.63, 3.8) is 0 Å². The molecule has 0 saturated heterocycles. The monoisotopic (exact) mass is 669 g/mol. The van der Waals surface area contributed by atoms with Crippen molar-refractivity contribution in [1.82, 2.24) is 0 Å². The van der Waals surface area contributed by atoms with Gasteiger partial charge in [0.1, 0.15) is 36.2 Å². The SMILES string of the molecule is CCOC(C)Oc1ccc(COc2ccc([I+]c3ccc(OCc4ccc(OC(C)OCC)cc4)cc3)cc2)cc1. The molecule has 0 aliphatic heterocycles. The Morgan fingerprint density at radius 2 is 0.829 bits per heavy atom. The molecule has 0 bridgehead atoms. The Kier molecular flexibility index (Phi) is 12.2. The summed E-state index contributed by atoms with van der Waals surface area (Å²) in [5.74, 6) is 3.28. The Hall–Kier alpha value is -3.27. The van der Waals surface area contributed by atoms with Crippen LogP contribution in [0, 0.1) is 7.14 Å². The van der Waals surface area contributed by atoms with Crippen LogP contribution in [0.5, 0.6) is 23.0 Å². The maximum absolute atomic E-state index is 5.99. The highest BCUT2D eigenvalue weighted by molar-refractivity contribution is 5.29. The summed E-state index contributed by atoms with van der Waals surface area (Å²) < 4.78 is 36.9. The zero-order chi connectivity index (χ0) is 28.9. The zero-order valence-corrected chi connectivity index (χ0v) is 26.2. The van der Waals surface area contributed by atoms with Gasteiger partial charge in [0.2, 0.25) is 0 Å². The van der Waals surface area contributed by atoms with Gasteiger partial charge in [-0.2, -0.15) is 0 Å². The second-order valence-corrected chi connectivity index (χ2v) is 12.2. The van der Waals surface area contributed by atoms with E-state index in [-0.39, 0.29) is 33.8 Å². The van der Waals surface area contributed by atoms with Crippen molar-refractivity contribution in [1.29, 1.82) is 0 Å². The van der Waals surface area contributed by atoms with E-state index < -0.39 is 0 Å². The minimum atomic E-state index is -0.294. The fourth-order valence-electron chi connectivity index (χ4n) is 3.90. The molecule has 41 heavy (non-hydrogen) atoms. The molecule has 0 saturated carbocycles. The second-order valence-electron chi connectivity index (χ2n) is 9.15. The van der Waals surface area contributed by atoms with E-state index in [1.807, 2.05) is 100 Å². The first-order valence-corrected chi connectivity index (χ1v) is 16.0. The molecule has 0 aliphatic rings. The predicted molar refractivity (Wildman–Crippen MR) is 155 cm³/mol. The van der Waals surface area contributed by atoms with Crippen LogP contribution in [0.25, 0.3) is 0 Å². The Labute approximate surface area is 253 Å². The lowest BCUT2D eigenvalue weighted by molar-refractivity contribution is -0.597. The molecule has 0 amide bonds. The molecule has 216 valence electrons. The highest BCUT2D eigenvalue weighted by atomic mass is 127. The topological polar surface area (TPSA) is 55.4 Å². The highest BCUT2D eigenvalue weighted by Gasteiger charge is 2.16. The van der Waals surface area contributed by atoms with Gasteiger partial charge in [-0.1, -0.05) is 24.3 Å². The molecule has 0 N–H and O–H groups in total. The third-order valence-electron chi connectivity index (χ3n) is 5.91. The van der Waals surface area contributed by atoms with E-state index in [9.17, 15) is 0 Å². The van der Waals surface area contributed by atoms with E-state index >= 15 is 0 Å². The molecular formula is C34H38IO6+. The van der Waals surface area contributed by atoms with E-state index in [4.69, 9.17) is 28.4 Å². The normalized spacial score (nSPS) is 12.4. The van der Waals surface area contributed by atoms with Gasteiger partial charge in [0.05, 0.1) is 0 Å². The number of ether oxygens (including phenoxy) is 6. The zero-order valence-electron chi connectivity index (χ0n) is 24.0. The van der Waals surface area contributed by atoms with Crippen LogP contribution in [0.1, 0.15) is 38.8 Å². The van der Waals surface area contributed by atoms with Crippen LogP contribution in [-0.4, -0.2) is 25.8 Å². The first kappa shape index (κ1) is 30.7. The third kappa shape index (κ3) is 10.6. The second kappa shape index (κ2) is 16.2. The average Bonchev–Trinajstić information content (AvgIpc) is 2.98. The Balaban J connectivity index is 1.20. The Bertz CT molecular complexity index is 1190. The summed E-state index contributed by atoms with van der Waals surface area (Å²) in [6.07, 6.45) is -0.527. The summed E-state index contributed by atoms with van der Waals surface area (Å²) in [7, 11) is 0. The molecule has 0 heterocycles. The first-order valence-electron chi connectivity index (χ1n) is 13.9. The molecule has 7 heteroatoms. The van der Waals surface area contributed by atoms with Gasteiger partial charge >= 0.3 is 21.2 Å². The predicted octanol–water partition coefficient (Wildman–Crippen LogP) is 4.50. The van der Waals surface area contributed by atoms with Crippen molar-refractivity contribution in [2.45, 2.75) is 53.5 Å². The maximum atomic E-state index is 5.99. The minimum Gasteiger partial charge on any atom is -0.489 e. The molecule has 4 aromatic carbocycles. The largest absolute Gasteiger partial charge is 0.489 e. The quantitative estimate of drug-likeness (QED) is 0.130. The van der Waals surface area contributed by atoms with Gasteiger partial charge in [0.15, 0.2) is 19.7 Å². The Morgan fingerprint density at radius 3 is 1.17 bits per heavy atom. The summed E-state index contributed by atoms with van der Waals surface area (Å²) in [6.45, 7) is 9.93. The molecule has 0 aromatic heterocycles. The van der Waals surface area contributed by atoms with Crippen molar-refractivity contribution in [2.75, 3.05) is 13.2 Å². The van der Waals surface area contributed by atoms with Crippen LogP contribution in [0.4, 0.5) is 0 Å². The fraction of sp³-hybridized carbons (Fsp3) is 0.294. The number of hydrogen-bond donors (Lipinski definition) is 0. The summed E-state index contributed by atoms with van der Waals surface area (Å²) in [5.41, 5.74) is 2.16. The molecule has 0 radical (unpaired) electrons. The summed E-state index contributed by atoms with van der Waals surface area (Å²) >= 11 is -0.294. The van der Waals surface area contributed by atoms with Gasteiger partial charge in [-0.15, -0.1) is 0 Å². The molecule has 4 rings (SSSR count). The van der Waals surface area contributed by atoms with Gasteiger partial charge in [0.25, 0.3) is 0 Å². The Morgan fingerprint density at radius 1 is 0.488 bits per heavy atom. The lowest BCUT2D eigenvalue weighted by Crippen LogP contribution is -3.61. The number of benzene rings is 4. The number of rotatable bonds is 16. The van der Waals surface area contributed by atoms with Gasteiger partial charge in [-0.25, -0.2) is 0 Å². The van der Waals surface area contributed by atoms with Gasteiger partial charge < -0.3 is 28.4 Å². The van der Waals surface area contributed by atoms with Gasteiger partial charge in [0, 0.05) is 13.2 Å². The van der Waals surface area contributed by atoms with Gasteiger partial charge in [-0.3, -0.25) is 0 Å². The van der Waals surface area contributed by atoms with E-state index in [0.29, 0.717) is 26.4 Å². The molecule has 2 atom stereocenters. The lowest BCUT2D eigenvalue weighted by atomic mass is 10.2. The fourth-order valence-corrected chi connectivity index (χ4v) is 6.05. The lowest BCUT2D eigenvalue weighted by Gasteiger charge is -2.14. The van der Waals surface area contributed by atoms with Crippen LogP contribution >= 0.6 is 0 Å². The van der Waals surface area contributed by atoms with E-state index in [1.165, 1.54) is 7.14 Å². The van der Waals surface area contributed by atoms with Crippen molar-refractivity contribution < 1.29 is 49.6 Å². The van der Waals surface area contributed by atoms with Crippen molar-refractivity contribution in [3.05, 3.63) is 115 Å². The molecular weight excluding hydrogens is 631 g/mol. The third-order valence-corrected chi connectivity index (χ3v) is 8.59. The average molecular weight is 670 g/mol. The number of hydrogen-bond acceptors (Lipinski definition) is 6. The van der Waals surface area contributed by atoms with E-state index in [0.717, 1.165) is 34.1 Å². The van der Waals surface area contributed by atoms with Crippen LogP contribution in [0.3, 0.4) is 0 Å². The van der Waals surface area contributed by atoms with Gasteiger partial charge in [-0.05, 0) is 112 Å². The molecule has 6 nitrogen and oxygen atoms in total. The number of halogens is 1. The molecule has 0 fully saturated rings. The summed E-state index contributed by atoms with van der Waals surface area (Å²) in [5, 5.41) is 0. The minimum absolute atomic E-state index is 0.264. The molecule has 0 spiro atoms. The smallest absolute Gasteiger partial charge is 0.357 e. The highest BCUT2D eigenvalue weighted by Crippen LogP contribution is 2.18. The van der Waals surface area contributed by atoms with Crippen LogP contribution in [0.2, 0.25) is 0 Å². The van der Waals surface area contributed by atoms with E-state index in [2.05, 4.69) is 24.3 Å². The van der Waals surface area contributed by atoms with Crippen LogP contribution in [0.15, 0.2) is 97.1 Å². The molecule has 2 unspecified atom stereocenters.